The Balaban J connectivity index is 2.08. The molecule has 5 nitrogen and oxygen atoms in total. The molecule has 2 rings (SSSR count). The van der Waals surface area contributed by atoms with Gasteiger partial charge in [0.25, 0.3) is 11.8 Å². The minimum Gasteiger partial charge on any atom is -0.506 e. The lowest BCUT2D eigenvalue weighted by molar-refractivity contribution is 0.0847. The number of nitrogens with one attached hydrogen (secondary N) is 2. The Kier molecular flexibility index (Phi) is 4.79. The molecular formula is C12H8Br2N2O3S. The van der Waals surface area contributed by atoms with Crippen LogP contribution in [0.15, 0.2) is 38.6 Å². The summed E-state index contributed by atoms with van der Waals surface area (Å²) in [7, 11) is 0. The Morgan fingerprint density at radius 3 is 2.50 bits per heavy atom. The number of benzene rings is 1. The third-order valence-corrected chi connectivity index (χ3v) is 4.24. The standard InChI is InChI=1S/C12H8Br2N2O3S/c13-6-4-7(10(17)8(14)5-6)11(18)15-16-12(19)9-2-1-3-20-9/h1-5,17H,(H,15,18)(H,16,19). The van der Waals surface area contributed by atoms with E-state index < -0.39 is 11.8 Å². The summed E-state index contributed by atoms with van der Waals surface area (Å²) in [5, 5.41) is 11.6. The largest absolute Gasteiger partial charge is 0.506 e. The van der Waals surface area contributed by atoms with E-state index in [0.717, 1.165) is 0 Å². The van der Waals surface area contributed by atoms with Crippen molar-refractivity contribution in [2.75, 3.05) is 0 Å². The van der Waals surface area contributed by atoms with Gasteiger partial charge in [-0.2, -0.15) is 0 Å². The second-order valence-corrected chi connectivity index (χ2v) is 6.39. The van der Waals surface area contributed by atoms with Crippen molar-refractivity contribution < 1.29 is 14.7 Å². The maximum atomic E-state index is 11.9. The van der Waals surface area contributed by atoms with Crippen LogP contribution < -0.4 is 10.9 Å². The van der Waals surface area contributed by atoms with Crippen LogP contribution in [0.3, 0.4) is 0 Å². The van der Waals surface area contributed by atoms with Crippen molar-refractivity contribution in [3.63, 3.8) is 0 Å². The number of rotatable bonds is 2. The van der Waals surface area contributed by atoms with Crippen molar-refractivity contribution >= 4 is 55.0 Å². The fraction of sp³-hybridized carbons (Fsp3) is 0. The molecule has 0 spiro atoms. The van der Waals surface area contributed by atoms with Gasteiger partial charge in [-0.05, 0) is 39.5 Å². The number of hydrogen-bond acceptors (Lipinski definition) is 4. The zero-order valence-electron chi connectivity index (χ0n) is 9.81. The monoisotopic (exact) mass is 418 g/mol. The molecule has 2 aromatic rings. The lowest BCUT2D eigenvalue weighted by atomic mass is 10.2. The van der Waals surface area contributed by atoms with Gasteiger partial charge in [0.05, 0.1) is 14.9 Å². The molecule has 0 aliphatic rings. The predicted octanol–water partition coefficient (Wildman–Crippen LogP) is 3.05. The van der Waals surface area contributed by atoms with Gasteiger partial charge < -0.3 is 5.11 Å². The van der Waals surface area contributed by atoms with Crippen molar-refractivity contribution in [2.24, 2.45) is 0 Å². The summed E-state index contributed by atoms with van der Waals surface area (Å²) in [5.74, 6) is -1.23. The van der Waals surface area contributed by atoms with E-state index in [4.69, 9.17) is 0 Å². The first-order valence-corrected chi connectivity index (χ1v) is 7.78. The van der Waals surface area contributed by atoms with Gasteiger partial charge in [-0.3, -0.25) is 20.4 Å². The van der Waals surface area contributed by atoms with Crippen molar-refractivity contribution in [3.8, 4) is 5.75 Å². The van der Waals surface area contributed by atoms with Gasteiger partial charge in [0.2, 0.25) is 0 Å². The van der Waals surface area contributed by atoms with Gasteiger partial charge in [0, 0.05) is 4.47 Å². The fourth-order valence-corrected chi connectivity index (χ4v) is 3.23. The Morgan fingerprint density at radius 2 is 1.85 bits per heavy atom. The zero-order valence-corrected chi connectivity index (χ0v) is 13.8. The zero-order chi connectivity index (χ0) is 14.7. The lowest BCUT2D eigenvalue weighted by Crippen LogP contribution is -2.41. The topological polar surface area (TPSA) is 78.4 Å². The summed E-state index contributed by atoms with van der Waals surface area (Å²) in [4.78, 5) is 24.1. The third kappa shape index (κ3) is 3.38. The molecule has 3 N–H and O–H groups in total. The summed E-state index contributed by atoms with van der Waals surface area (Å²) >= 11 is 7.61. The number of aromatic hydroxyl groups is 1. The number of phenolic OH excluding ortho intramolecular Hbond substituents is 1. The predicted molar refractivity (Wildman–Crippen MR) is 82.8 cm³/mol. The molecule has 0 atom stereocenters. The summed E-state index contributed by atoms with van der Waals surface area (Å²) in [6.45, 7) is 0. The van der Waals surface area contributed by atoms with Crippen LogP contribution in [0.4, 0.5) is 0 Å². The lowest BCUT2D eigenvalue weighted by Gasteiger charge is -2.09. The van der Waals surface area contributed by atoms with E-state index in [1.807, 2.05) is 0 Å². The van der Waals surface area contributed by atoms with Crippen molar-refractivity contribution in [1.82, 2.24) is 10.9 Å². The Bertz CT molecular complexity index is 659. The van der Waals surface area contributed by atoms with Crippen LogP contribution in [0, 0.1) is 0 Å². The van der Waals surface area contributed by atoms with Crippen molar-refractivity contribution in [3.05, 3.63) is 49.0 Å². The highest BCUT2D eigenvalue weighted by Gasteiger charge is 2.16. The number of carbonyl (C=O) groups is 2. The molecule has 2 amide bonds. The number of phenols is 1. The van der Waals surface area contributed by atoms with Crippen LogP contribution in [-0.2, 0) is 0 Å². The Hall–Kier alpha value is -1.38. The average molecular weight is 420 g/mol. The summed E-state index contributed by atoms with van der Waals surface area (Å²) in [6.07, 6.45) is 0. The highest BCUT2D eigenvalue weighted by molar-refractivity contribution is 9.11. The van der Waals surface area contributed by atoms with Crippen LogP contribution in [0.2, 0.25) is 0 Å². The van der Waals surface area contributed by atoms with Crippen LogP contribution in [0.1, 0.15) is 20.0 Å². The first kappa shape index (κ1) is 15.0. The molecular weight excluding hydrogens is 412 g/mol. The summed E-state index contributed by atoms with van der Waals surface area (Å²) in [5.41, 5.74) is 4.57. The molecule has 1 aromatic heterocycles. The minimum atomic E-state index is -0.616. The second-order valence-electron chi connectivity index (χ2n) is 3.67. The van der Waals surface area contributed by atoms with E-state index in [1.165, 1.54) is 17.4 Å². The SMILES string of the molecule is O=C(NNC(=O)c1cc(Br)cc(Br)c1O)c1cccs1. The highest BCUT2D eigenvalue weighted by atomic mass is 79.9. The molecule has 0 saturated heterocycles. The van der Waals surface area contributed by atoms with Crippen LogP contribution in [-0.4, -0.2) is 16.9 Å². The van der Waals surface area contributed by atoms with Crippen LogP contribution >= 0.6 is 43.2 Å². The first-order chi connectivity index (χ1) is 9.49. The minimum absolute atomic E-state index is 0.0396. The smallest absolute Gasteiger partial charge is 0.279 e. The number of amides is 2. The van der Waals surface area contributed by atoms with Gasteiger partial charge in [-0.25, -0.2) is 0 Å². The molecule has 0 bridgehead atoms. The van der Waals surface area contributed by atoms with Crippen molar-refractivity contribution in [2.45, 2.75) is 0 Å². The van der Waals surface area contributed by atoms with Crippen molar-refractivity contribution in [1.29, 1.82) is 0 Å². The average Bonchev–Trinajstić information content (AvgIpc) is 2.93. The second kappa shape index (κ2) is 6.38. The number of hydrazine groups is 1. The number of halogens is 2. The first-order valence-electron chi connectivity index (χ1n) is 5.31. The maximum absolute atomic E-state index is 11.9. The van der Waals surface area contributed by atoms with Gasteiger partial charge >= 0.3 is 0 Å². The number of hydrogen-bond donors (Lipinski definition) is 3. The summed E-state index contributed by atoms with van der Waals surface area (Å²) in [6, 6.07) is 6.43. The molecule has 0 aliphatic heterocycles. The molecule has 1 heterocycles. The fourth-order valence-electron chi connectivity index (χ4n) is 1.39. The maximum Gasteiger partial charge on any atom is 0.279 e. The quantitative estimate of drug-likeness (QED) is 0.654. The van der Waals surface area contributed by atoms with E-state index in [-0.39, 0.29) is 11.3 Å². The van der Waals surface area contributed by atoms with E-state index in [0.29, 0.717) is 13.8 Å². The Labute approximate surface area is 135 Å². The van der Waals surface area contributed by atoms with Gasteiger partial charge in [0.1, 0.15) is 5.75 Å². The molecule has 0 saturated carbocycles. The van der Waals surface area contributed by atoms with Gasteiger partial charge in [0.15, 0.2) is 0 Å². The third-order valence-electron chi connectivity index (χ3n) is 2.31. The van der Waals surface area contributed by atoms with Crippen LogP contribution in [0.25, 0.3) is 0 Å². The molecule has 0 radical (unpaired) electrons. The molecule has 8 heteroatoms. The molecule has 104 valence electrons. The van der Waals surface area contributed by atoms with Crippen LogP contribution in [0.5, 0.6) is 5.75 Å². The van der Waals surface area contributed by atoms with Gasteiger partial charge in [-0.15, -0.1) is 11.3 Å². The highest BCUT2D eigenvalue weighted by Crippen LogP contribution is 2.31. The number of thiophene rings is 1. The normalized spacial score (nSPS) is 10.1. The van der Waals surface area contributed by atoms with E-state index in [2.05, 4.69) is 42.7 Å². The molecule has 0 aliphatic carbocycles. The molecule has 1 aromatic carbocycles. The van der Waals surface area contributed by atoms with E-state index in [9.17, 15) is 14.7 Å². The van der Waals surface area contributed by atoms with Gasteiger partial charge in [-0.1, -0.05) is 22.0 Å². The molecule has 0 fully saturated rings. The molecule has 20 heavy (non-hydrogen) atoms. The Morgan fingerprint density at radius 1 is 1.15 bits per heavy atom. The van der Waals surface area contributed by atoms with E-state index >= 15 is 0 Å². The number of carbonyl (C=O) groups excluding carboxylic acids is 2. The van der Waals surface area contributed by atoms with E-state index in [1.54, 1.807) is 23.6 Å². The molecule has 0 unspecified atom stereocenters. The summed E-state index contributed by atoms with van der Waals surface area (Å²) < 4.78 is 0.999.